The zero-order valence-electron chi connectivity index (χ0n) is 16.5. The van der Waals surface area contributed by atoms with Gasteiger partial charge in [0.1, 0.15) is 0 Å². The van der Waals surface area contributed by atoms with Crippen LogP contribution < -0.4 is 20.1 Å². The molecule has 0 saturated carbocycles. The summed E-state index contributed by atoms with van der Waals surface area (Å²) in [6.45, 7) is 5.61. The number of nitrogens with one attached hydrogen (secondary N) is 2. The highest BCUT2D eigenvalue weighted by molar-refractivity contribution is 7.86. The monoisotopic (exact) mass is 405 g/mol. The second-order valence-electron chi connectivity index (χ2n) is 6.57. The normalized spacial score (nSPS) is 13.4. The van der Waals surface area contributed by atoms with Crippen LogP contribution in [-0.2, 0) is 17.3 Å². The first-order valence-corrected chi connectivity index (χ1v) is 10.0. The van der Waals surface area contributed by atoms with E-state index in [0.29, 0.717) is 30.4 Å². The molecule has 0 bridgehead atoms. The van der Waals surface area contributed by atoms with Gasteiger partial charge in [-0.3, -0.25) is 9.20 Å². The molecule has 0 aromatic heterocycles. The number of aliphatic imine (C=N–C) groups is 1. The minimum absolute atomic E-state index is 0.00568. The summed E-state index contributed by atoms with van der Waals surface area (Å²) in [4.78, 5) is 4.09. The summed E-state index contributed by atoms with van der Waals surface area (Å²) in [6.07, 6.45) is 0. The van der Waals surface area contributed by atoms with Crippen LogP contribution >= 0.6 is 0 Å². The molecule has 2 N–H and O–H groups in total. The number of alkyl halides is 2. The maximum atomic E-state index is 12.8. The molecule has 0 fully saturated rings. The van der Waals surface area contributed by atoms with Gasteiger partial charge in [0.2, 0.25) is 0 Å². The van der Waals surface area contributed by atoms with Crippen molar-refractivity contribution in [3.05, 3.63) is 23.8 Å². The lowest BCUT2D eigenvalue weighted by molar-refractivity contribution is -0.0520. The topological polar surface area (TPSA) is 72.0 Å². The summed E-state index contributed by atoms with van der Waals surface area (Å²) in [6, 6.07) is 4.97. The molecule has 27 heavy (non-hydrogen) atoms. The van der Waals surface area contributed by atoms with Gasteiger partial charge < -0.3 is 20.1 Å². The van der Waals surface area contributed by atoms with E-state index in [1.54, 1.807) is 32.2 Å². The van der Waals surface area contributed by atoms with E-state index in [1.807, 2.05) is 20.8 Å². The summed E-state index contributed by atoms with van der Waals surface area (Å²) >= 11 is 0. The zero-order valence-corrected chi connectivity index (χ0v) is 17.3. The molecular formula is C18H29F2N3O3S. The molecule has 1 atom stereocenters. The number of hydrogen-bond acceptors (Lipinski definition) is 4. The number of rotatable bonds is 9. The Hall–Kier alpha value is -1.90. The number of benzene rings is 1. The van der Waals surface area contributed by atoms with Crippen LogP contribution in [0, 0.1) is 0 Å². The molecule has 154 valence electrons. The fraction of sp³-hybridized carbons (Fsp3) is 0.611. The van der Waals surface area contributed by atoms with Crippen molar-refractivity contribution in [2.24, 2.45) is 4.99 Å². The molecular weight excluding hydrogens is 376 g/mol. The Morgan fingerprint density at radius 2 is 2.00 bits per heavy atom. The van der Waals surface area contributed by atoms with Crippen molar-refractivity contribution in [1.82, 2.24) is 10.6 Å². The highest BCUT2D eigenvalue weighted by Gasteiger charge is 2.19. The molecule has 0 aliphatic rings. The Kier molecular flexibility index (Phi) is 9.48. The second kappa shape index (κ2) is 11.1. The first kappa shape index (κ1) is 23.1. The Labute approximate surface area is 162 Å². The average Bonchev–Trinajstić information content (AvgIpc) is 2.58. The average molecular weight is 406 g/mol. The van der Waals surface area contributed by atoms with Crippen molar-refractivity contribution in [2.75, 3.05) is 26.0 Å². The Bertz CT molecular complexity index is 649. The van der Waals surface area contributed by atoms with Gasteiger partial charge in [-0.2, -0.15) is 8.78 Å². The van der Waals surface area contributed by atoms with Crippen molar-refractivity contribution in [2.45, 2.75) is 45.6 Å². The van der Waals surface area contributed by atoms with Crippen LogP contribution in [0.2, 0.25) is 0 Å². The number of nitrogens with zero attached hydrogens (tertiary/aromatic N) is 1. The molecule has 0 saturated heterocycles. The van der Waals surface area contributed by atoms with Crippen molar-refractivity contribution in [3.8, 4) is 11.5 Å². The molecule has 6 nitrogen and oxygen atoms in total. The fourth-order valence-electron chi connectivity index (χ4n) is 2.16. The second-order valence-corrected chi connectivity index (χ2v) is 8.89. The molecule has 0 aliphatic heterocycles. The van der Waals surface area contributed by atoms with Gasteiger partial charge in [0, 0.05) is 47.0 Å². The van der Waals surface area contributed by atoms with Gasteiger partial charge in [-0.15, -0.1) is 0 Å². The van der Waals surface area contributed by atoms with Crippen molar-refractivity contribution in [1.29, 1.82) is 0 Å². The minimum Gasteiger partial charge on any atom is -0.490 e. The third-order valence-electron chi connectivity index (χ3n) is 3.50. The molecule has 1 aromatic carbocycles. The van der Waals surface area contributed by atoms with Crippen LogP contribution in [0.25, 0.3) is 0 Å². The predicted molar refractivity (Wildman–Crippen MR) is 105 cm³/mol. The lowest BCUT2D eigenvalue weighted by Gasteiger charge is -2.19. The van der Waals surface area contributed by atoms with Crippen LogP contribution in [0.3, 0.4) is 0 Å². The molecule has 1 aromatic rings. The van der Waals surface area contributed by atoms with Gasteiger partial charge in [-0.1, -0.05) is 12.1 Å². The van der Waals surface area contributed by atoms with Gasteiger partial charge in [-0.05, 0) is 33.8 Å². The van der Waals surface area contributed by atoms with Gasteiger partial charge >= 0.3 is 6.61 Å². The van der Waals surface area contributed by atoms with Crippen molar-refractivity contribution >= 4 is 16.8 Å². The summed E-state index contributed by atoms with van der Waals surface area (Å²) in [5.74, 6) is 1.22. The quantitative estimate of drug-likeness (QED) is 0.488. The smallest absolute Gasteiger partial charge is 0.387 e. The first-order valence-electron chi connectivity index (χ1n) is 8.71. The van der Waals surface area contributed by atoms with E-state index in [4.69, 9.17) is 4.74 Å². The maximum Gasteiger partial charge on any atom is 0.387 e. The maximum absolute atomic E-state index is 12.8. The highest BCUT2D eigenvalue weighted by atomic mass is 32.2. The van der Waals surface area contributed by atoms with Crippen LogP contribution in [0.1, 0.15) is 33.3 Å². The number of para-hydroxylation sites is 1. The van der Waals surface area contributed by atoms with E-state index in [2.05, 4.69) is 20.4 Å². The number of ether oxygens (including phenoxy) is 2. The summed E-state index contributed by atoms with van der Waals surface area (Å²) < 4.78 is 47.3. The van der Waals surface area contributed by atoms with E-state index in [9.17, 15) is 13.0 Å². The lowest BCUT2D eigenvalue weighted by atomic mass is 10.2. The van der Waals surface area contributed by atoms with Crippen LogP contribution in [0.5, 0.6) is 11.5 Å². The zero-order chi connectivity index (χ0) is 20.4. The first-order chi connectivity index (χ1) is 12.7. The number of guanidine groups is 1. The predicted octanol–water partition coefficient (Wildman–Crippen LogP) is 2.90. The third-order valence-corrected chi connectivity index (χ3v) is 5.44. The lowest BCUT2D eigenvalue weighted by Crippen LogP contribution is -2.40. The van der Waals surface area contributed by atoms with Gasteiger partial charge in [0.15, 0.2) is 17.5 Å². The summed E-state index contributed by atoms with van der Waals surface area (Å²) in [5, 5.41) is 6.11. The molecule has 0 radical (unpaired) electrons. The van der Waals surface area contributed by atoms with Crippen LogP contribution in [-0.4, -0.2) is 47.5 Å². The molecule has 0 spiro atoms. The number of hydrogen-bond donors (Lipinski definition) is 2. The molecule has 1 unspecified atom stereocenters. The van der Waals surface area contributed by atoms with E-state index in [-0.39, 0.29) is 22.8 Å². The highest BCUT2D eigenvalue weighted by Crippen LogP contribution is 2.32. The molecule has 0 aliphatic carbocycles. The van der Waals surface area contributed by atoms with Gasteiger partial charge in [0.05, 0.1) is 6.61 Å². The van der Waals surface area contributed by atoms with E-state index in [0.717, 1.165) is 0 Å². The van der Waals surface area contributed by atoms with Crippen molar-refractivity contribution in [3.63, 3.8) is 0 Å². The SMILES string of the molecule is CCOc1cccc(CNC(=NC)NCCS(=O)C(C)(C)C)c1OC(F)F. The molecule has 0 amide bonds. The molecule has 0 heterocycles. The standard InChI is InChI=1S/C18H29F2N3O3S/c1-6-25-14-9-7-8-13(15(14)26-16(19)20)12-23-17(21-5)22-10-11-27(24)18(2,3)4/h7-9,16H,6,10-12H2,1-5H3,(H2,21,22,23). The van der Waals surface area contributed by atoms with Gasteiger partial charge in [-0.25, -0.2) is 0 Å². The summed E-state index contributed by atoms with van der Waals surface area (Å²) in [7, 11) is 0.624. The van der Waals surface area contributed by atoms with E-state index in [1.165, 1.54) is 0 Å². The number of halogens is 2. The Morgan fingerprint density at radius 1 is 1.30 bits per heavy atom. The van der Waals surface area contributed by atoms with Gasteiger partial charge in [0.25, 0.3) is 0 Å². The Balaban J connectivity index is 2.72. The van der Waals surface area contributed by atoms with Crippen LogP contribution in [0.4, 0.5) is 8.78 Å². The largest absolute Gasteiger partial charge is 0.490 e. The van der Waals surface area contributed by atoms with Crippen molar-refractivity contribution < 1.29 is 22.5 Å². The fourth-order valence-corrected chi connectivity index (χ4v) is 3.06. The summed E-state index contributed by atoms with van der Waals surface area (Å²) in [5.41, 5.74) is 0.516. The molecule has 1 rings (SSSR count). The molecule has 9 heteroatoms. The van der Waals surface area contributed by atoms with E-state index < -0.39 is 17.4 Å². The Morgan fingerprint density at radius 3 is 2.56 bits per heavy atom. The van der Waals surface area contributed by atoms with E-state index >= 15 is 0 Å². The minimum atomic E-state index is -2.95. The third kappa shape index (κ3) is 8.11. The van der Waals surface area contributed by atoms with Crippen LogP contribution in [0.15, 0.2) is 23.2 Å².